The molecule has 17 heavy (non-hydrogen) atoms. The van der Waals surface area contributed by atoms with E-state index in [4.69, 9.17) is 23.5 Å². The van der Waals surface area contributed by atoms with E-state index in [1.54, 1.807) is 41.5 Å². The fourth-order valence-electron chi connectivity index (χ4n) is 0. The number of halogens is 1. The molecular formula is C9H25ClO6Ti. The number of hydrogen-bond donors (Lipinski definition) is 4. The number of hydrogen-bond acceptors (Lipinski definition) is 6. The van der Waals surface area contributed by atoms with E-state index < -0.39 is 0 Å². The molecule has 6 nitrogen and oxygen atoms in total. The molecule has 0 aromatic rings. The summed E-state index contributed by atoms with van der Waals surface area (Å²) in [6, 6.07) is 0. The zero-order chi connectivity index (χ0) is 15.4. The van der Waals surface area contributed by atoms with E-state index in [-0.39, 0.29) is 18.3 Å². The van der Waals surface area contributed by atoms with Crippen LogP contribution in [0.2, 0.25) is 0 Å². The molecule has 0 aromatic heterocycles. The molecule has 0 fully saturated rings. The Morgan fingerprint density at radius 1 is 0.882 bits per heavy atom. The molecule has 0 aromatic carbocycles. The summed E-state index contributed by atoms with van der Waals surface area (Å²) in [6.07, 6.45) is -0.394. The van der Waals surface area contributed by atoms with Crippen LogP contribution in [-0.4, -0.2) is 38.4 Å². The Labute approximate surface area is 120 Å². The van der Waals surface area contributed by atoms with Gasteiger partial charge in [-0.15, -0.1) is 0 Å². The van der Waals surface area contributed by atoms with Crippen molar-refractivity contribution in [2.75, 3.05) is 0 Å². The van der Waals surface area contributed by atoms with Gasteiger partial charge in [0.05, 0.1) is 18.0 Å². The Balaban J connectivity index is -0.0000000371. The van der Waals surface area contributed by atoms with Crippen LogP contribution >= 0.6 is 11.9 Å². The van der Waals surface area contributed by atoms with Gasteiger partial charge in [0.1, 0.15) is 0 Å². The van der Waals surface area contributed by atoms with Crippen molar-refractivity contribution in [2.45, 2.75) is 59.9 Å². The molecule has 4 N–H and O–H groups in total. The molecule has 0 unspecified atom stereocenters. The zero-order valence-electron chi connectivity index (χ0n) is 11.2. The van der Waals surface area contributed by atoms with E-state index in [1.165, 1.54) is 0 Å². The normalized spacial score (nSPS) is 7.59. The van der Waals surface area contributed by atoms with Gasteiger partial charge < -0.3 is 10.2 Å². The molecule has 8 heteroatoms. The van der Waals surface area contributed by atoms with E-state index in [0.717, 1.165) is 20.4 Å². The monoisotopic (exact) mass is 312 g/mol. The minimum atomic E-state index is -0.167. The molecule has 0 amide bonds. The van der Waals surface area contributed by atoms with Crippen molar-refractivity contribution in [2.24, 2.45) is 0 Å². The topological polar surface area (TPSA) is 107 Å². The third-order valence-corrected chi connectivity index (χ3v) is 0.211. The summed E-state index contributed by atoms with van der Waals surface area (Å²) >= 11 is 4.39. The predicted molar refractivity (Wildman–Crippen MR) is 62.3 cm³/mol. The van der Waals surface area contributed by atoms with E-state index in [2.05, 4.69) is 16.8 Å². The van der Waals surface area contributed by atoms with Crippen LogP contribution in [0.25, 0.3) is 0 Å². The van der Waals surface area contributed by atoms with Gasteiger partial charge in [-0.05, 0) is 41.5 Å². The first kappa shape index (κ1) is 30.6. The Kier molecular flexibility index (Phi) is 64.6. The van der Waals surface area contributed by atoms with Crippen LogP contribution in [0.5, 0.6) is 0 Å². The number of aliphatic hydroxyl groups is 2. The van der Waals surface area contributed by atoms with Crippen molar-refractivity contribution in [3.8, 4) is 0 Å². The minimum absolute atomic E-state index is 0.0602. The summed E-state index contributed by atoms with van der Waals surface area (Å²) < 4.78 is 14.7. The molecule has 0 atom stereocenters. The molecule has 0 aliphatic carbocycles. The SMILES string of the molecule is CC(C)O.CC(C)O.CC(C)OO.OCl.[O]=[Ti]. The fourth-order valence-corrected chi connectivity index (χ4v) is 0. The van der Waals surface area contributed by atoms with E-state index in [0.29, 0.717) is 0 Å². The molecule has 0 bridgehead atoms. The Bertz CT molecular complexity index is 84.0. The van der Waals surface area contributed by atoms with Gasteiger partial charge in [0.25, 0.3) is 0 Å². The second kappa shape index (κ2) is 36.0. The van der Waals surface area contributed by atoms with Gasteiger partial charge in [0, 0.05) is 12.2 Å². The summed E-state index contributed by atoms with van der Waals surface area (Å²) in [5.74, 6) is 0. The van der Waals surface area contributed by atoms with E-state index >= 15 is 0 Å². The molecule has 0 aliphatic rings. The Hall–Kier alpha value is 0.604. The van der Waals surface area contributed by atoms with E-state index in [1.807, 2.05) is 0 Å². The second-order valence-corrected chi connectivity index (χ2v) is 3.34. The third kappa shape index (κ3) is 522. The Morgan fingerprint density at radius 3 is 0.941 bits per heavy atom. The standard InChI is InChI=1S/C3H8O2.2C3H8O.ClHO.O.Ti/c1-3(2)5-4;2*1-3(2)4;1-2;;/h3-4H,1-2H3;2*3-4H,1-2H3;2H;;. The molecule has 0 spiro atoms. The number of rotatable bonds is 1. The molecule has 0 radical (unpaired) electrons. The molecule has 0 saturated carbocycles. The maximum atomic E-state index is 8.25. The summed E-state index contributed by atoms with van der Waals surface area (Å²) in [5.41, 5.74) is 0. The maximum absolute atomic E-state index is 8.25. The average Bonchev–Trinajstić information content (AvgIpc) is 2.22. The Morgan fingerprint density at radius 2 is 0.941 bits per heavy atom. The summed E-state index contributed by atoms with van der Waals surface area (Å²) in [5, 5.41) is 23.8. The van der Waals surface area contributed by atoms with Gasteiger partial charge in [0.15, 0.2) is 0 Å². The second-order valence-electron chi connectivity index (χ2n) is 3.34. The molecule has 0 aliphatic heterocycles. The van der Waals surface area contributed by atoms with Crippen molar-refractivity contribution in [1.82, 2.24) is 0 Å². The van der Waals surface area contributed by atoms with Crippen LogP contribution in [0.4, 0.5) is 0 Å². The van der Waals surface area contributed by atoms with E-state index in [9.17, 15) is 0 Å². The van der Waals surface area contributed by atoms with Gasteiger partial charge in [-0.1, -0.05) is 0 Å². The predicted octanol–water partition coefficient (Wildman–Crippen LogP) is 1.67. The van der Waals surface area contributed by atoms with Crippen molar-refractivity contribution in [3.63, 3.8) is 0 Å². The molecule has 0 heterocycles. The van der Waals surface area contributed by atoms with Crippen molar-refractivity contribution in [3.05, 3.63) is 0 Å². The quantitative estimate of drug-likeness (QED) is 0.333. The molecule has 0 saturated heterocycles. The van der Waals surface area contributed by atoms with Crippen molar-refractivity contribution in [1.29, 1.82) is 0 Å². The van der Waals surface area contributed by atoms with Gasteiger partial charge in [0.2, 0.25) is 0 Å². The fraction of sp³-hybridized carbons (Fsp3) is 1.00. The molecular weight excluding hydrogens is 287 g/mol. The number of aliphatic hydroxyl groups excluding tert-OH is 2. The molecule has 0 rings (SSSR count). The molecule has 108 valence electrons. The van der Waals surface area contributed by atoms with Crippen molar-refractivity contribution < 1.29 is 48.7 Å². The van der Waals surface area contributed by atoms with Crippen LogP contribution in [0.3, 0.4) is 0 Å². The first-order chi connectivity index (χ1) is 7.73. The average molecular weight is 313 g/mol. The third-order valence-electron chi connectivity index (χ3n) is 0.211. The summed E-state index contributed by atoms with van der Waals surface area (Å²) in [7, 11) is 0. The van der Waals surface area contributed by atoms with Gasteiger partial charge in [-0.25, -0.2) is 4.89 Å². The first-order valence-corrected chi connectivity index (χ1v) is 5.75. The van der Waals surface area contributed by atoms with Gasteiger partial charge >= 0.3 is 23.7 Å². The first-order valence-electron chi connectivity index (χ1n) is 4.77. The van der Waals surface area contributed by atoms with Crippen LogP contribution in [0.1, 0.15) is 41.5 Å². The van der Waals surface area contributed by atoms with Gasteiger partial charge in [-0.2, -0.15) is 0 Å². The zero-order valence-corrected chi connectivity index (χ0v) is 13.5. The summed E-state index contributed by atoms with van der Waals surface area (Å²) in [4.78, 5) is 3.75. The van der Waals surface area contributed by atoms with Crippen LogP contribution < -0.4 is 0 Å². The van der Waals surface area contributed by atoms with Crippen LogP contribution in [-0.2, 0) is 28.6 Å². The van der Waals surface area contributed by atoms with Gasteiger partial charge in [-0.3, -0.25) is 9.92 Å². The summed E-state index contributed by atoms with van der Waals surface area (Å²) in [6.45, 7) is 10.4. The van der Waals surface area contributed by atoms with Crippen LogP contribution in [0, 0.1) is 0 Å². The van der Waals surface area contributed by atoms with Crippen molar-refractivity contribution >= 4 is 11.9 Å². The van der Waals surface area contributed by atoms with Crippen LogP contribution in [0.15, 0.2) is 0 Å².